The van der Waals surface area contributed by atoms with Gasteiger partial charge < -0.3 is 0 Å². The minimum absolute atomic E-state index is 0.521. The molecule has 0 aliphatic heterocycles. The van der Waals surface area contributed by atoms with Gasteiger partial charge in [-0.2, -0.15) is 0 Å². The van der Waals surface area contributed by atoms with Gasteiger partial charge in [-0.05, 0) is 18.2 Å². The lowest BCUT2D eigenvalue weighted by molar-refractivity contribution is 0.798. The minimum atomic E-state index is 0.521. The van der Waals surface area contributed by atoms with Gasteiger partial charge in [-0.3, -0.25) is 0 Å². The summed E-state index contributed by atoms with van der Waals surface area (Å²) in [6.07, 6.45) is 2.49. The summed E-state index contributed by atoms with van der Waals surface area (Å²) < 4.78 is 1.61. The van der Waals surface area contributed by atoms with Gasteiger partial charge in [-0.15, -0.1) is 16.7 Å². The Kier molecular flexibility index (Phi) is 3.69. The van der Waals surface area contributed by atoms with Gasteiger partial charge in [0.15, 0.2) is 0 Å². The van der Waals surface area contributed by atoms with E-state index >= 15 is 0 Å². The van der Waals surface area contributed by atoms with Crippen molar-refractivity contribution in [2.75, 3.05) is 5.88 Å². The Balaban J connectivity index is 2.35. The van der Waals surface area contributed by atoms with Crippen LogP contribution in [0.1, 0.15) is 5.69 Å². The monoisotopic (exact) mass is 275 g/mol. The lowest BCUT2D eigenvalue weighted by Gasteiger charge is -2.02. The Bertz CT molecular complexity index is 496. The summed E-state index contributed by atoms with van der Waals surface area (Å²) in [4.78, 5) is 0. The highest BCUT2D eigenvalue weighted by molar-refractivity contribution is 6.35. The number of aromatic nitrogens is 3. The molecule has 1 aromatic heterocycles. The number of nitrogens with zero attached hydrogens (tertiary/aromatic N) is 3. The molecule has 0 atom stereocenters. The third-order valence-corrected chi connectivity index (χ3v) is 2.77. The summed E-state index contributed by atoms with van der Waals surface area (Å²) in [5.41, 5.74) is 1.58. The first-order valence-electron chi connectivity index (χ1n) is 4.63. The van der Waals surface area contributed by atoms with Crippen LogP contribution in [0, 0.1) is 0 Å². The van der Waals surface area contributed by atoms with Gasteiger partial charge in [-0.1, -0.05) is 28.4 Å². The quantitative estimate of drug-likeness (QED) is 0.805. The van der Waals surface area contributed by atoms with Crippen LogP contribution in [0.4, 0.5) is 0 Å². The second-order valence-electron chi connectivity index (χ2n) is 3.19. The Morgan fingerprint density at radius 1 is 1.25 bits per heavy atom. The van der Waals surface area contributed by atoms with Crippen molar-refractivity contribution in [3.63, 3.8) is 0 Å². The average molecular weight is 277 g/mol. The lowest BCUT2D eigenvalue weighted by Crippen LogP contribution is -1.95. The Hall–Kier alpha value is -0.770. The molecule has 0 saturated heterocycles. The summed E-state index contributed by atoms with van der Waals surface area (Å²) in [6.45, 7) is 0. The van der Waals surface area contributed by atoms with Gasteiger partial charge in [-0.25, -0.2) is 4.68 Å². The van der Waals surface area contributed by atoms with Crippen LogP contribution in [0.15, 0.2) is 24.4 Å². The molecule has 0 fully saturated rings. The fourth-order valence-corrected chi connectivity index (χ4v) is 1.98. The first kappa shape index (κ1) is 11.7. The molecule has 2 aromatic rings. The molecule has 0 amide bonds. The van der Waals surface area contributed by atoms with Crippen LogP contribution >= 0.6 is 34.8 Å². The van der Waals surface area contributed by atoms with Gasteiger partial charge in [0.05, 0.1) is 22.6 Å². The number of rotatable bonds is 3. The lowest BCUT2D eigenvalue weighted by atomic mass is 10.3. The number of hydrogen-bond acceptors (Lipinski definition) is 2. The Morgan fingerprint density at radius 2 is 2.06 bits per heavy atom. The van der Waals surface area contributed by atoms with E-state index in [9.17, 15) is 0 Å². The standard InChI is InChI=1S/C10H8Cl3N3/c11-4-3-8-6-16(15-14-8)10-2-1-7(12)5-9(10)13/h1-2,5-6H,3-4H2. The summed E-state index contributed by atoms with van der Waals surface area (Å²) in [7, 11) is 0. The molecule has 0 saturated carbocycles. The number of aryl methyl sites for hydroxylation is 1. The normalized spacial score (nSPS) is 10.7. The van der Waals surface area contributed by atoms with Crippen molar-refractivity contribution < 1.29 is 0 Å². The van der Waals surface area contributed by atoms with E-state index in [-0.39, 0.29) is 0 Å². The van der Waals surface area contributed by atoms with Crippen LogP contribution < -0.4 is 0 Å². The third kappa shape index (κ3) is 2.48. The zero-order valence-corrected chi connectivity index (χ0v) is 10.5. The Morgan fingerprint density at radius 3 is 2.75 bits per heavy atom. The first-order valence-corrected chi connectivity index (χ1v) is 5.92. The fraction of sp³-hybridized carbons (Fsp3) is 0.200. The molecule has 0 aliphatic carbocycles. The number of alkyl halides is 1. The van der Waals surface area contributed by atoms with Crippen LogP contribution in [-0.2, 0) is 6.42 Å². The van der Waals surface area contributed by atoms with Crippen molar-refractivity contribution in [3.8, 4) is 5.69 Å². The summed E-state index contributed by atoms with van der Waals surface area (Å²) in [6, 6.07) is 5.22. The highest BCUT2D eigenvalue weighted by Gasteiger charge is 2.06. The topological polar surface area (TPSA) is 30.7 Å². The van der Waals surface area contributed by atoms with E-state index in [1.165, 1.54) is 0 Å². The molecular formula is C10H8Cl3N3. The van der Waals surface area contributed by atoms with Crippen molar-refractivity contribution >= 4 is 34.8 Å². The molecule has 6 heteroatoms. The number of benzene rings is 1. The summed E-state index contributed by atoms with van der Waals surface area (Å²) in [5.74, 6) is 0.521. The summed E-state index contributed by atoms with van der Waals surface area (Å²) >= 11 is 17.5. The van der Waals surface area contributed by atoms with Crippen molar-refractivity contribution in [2.24, 2.45) is 0 Å². The second-order valence-corrected chi connectivity index (χ2v) is 4.41. The van der Waals surface area contributed by atoms with Crippen LogP contribution in [0.5, 0.6) is 0 Å². The van der Waals surface area contributed by atoms with Crippen molar-refractivity contribution in [3.05, 3.63) is 40.1 Å². The van der Waals surface area contributed by atoms with E-state index in [1.54, 1.807) is 29.1 Å². The maximum absolute atomic E-state index is 6.05. The molecule has 16 heavy (non-hydrogen) atoms. The molecule has 0 unspecified atom stereocenters. The fourth-order valence-electron chi connectivity index (χ4n) is 1.29. The van der Waals surface area contributed by atoms with Gasteiger partial charge in [0.25, 0.3) is 0 Å². The zero-order chi connectivity index (χ0) is 11.5. The van der Waals surface area contributed by atoms with E-state index in [1.807, 2.05) is 0 Å². The minimum Gasteiger partial charge on any atom is -0.219 e. The third-order valence-electron chi connectivity index (χ3n) is 2.05. The summed E-state index contributed by atoms with van der Waals surface area (Å²) in [5, 5.41) is 9.09. The zero-order valence-electron chi connectivity index (χ0n) is 8.20. The molecule has 0 N–H and O–H groups in total. The van der Waals surface area contributed by atoms with Crippen molar-refractivity contribution in [2.45, 2.75) is 6.42 Å². The second kappa shape index (κ2) is 5.04. The smallest absolute Gasteiger partial charge is 0.0850 e. The molecule has 3 nitrogen and oxygen atoms in total. The number of hydrogen-bond donors (Lipinski definition) is 0. The van der Waals surface area contributed by atoms with Crippen LogP contribution in [0.3, 0.4) is 0 Å². The molecule has 84 valence electrons. The molecule has 0 radical (unpaired) electrons. The highest BCUT2D eigenvalue weighted by atomic mass is 35.5. The van der Waals surface area contributed by atoms with Gasteiger partial charge in [0.1, 0.15) is 0 Å². The Labute approximate surface area is 108 Å². The van der Waals surface area contributed by atoms with E-state index in [2.05, 4.69) is 10.3 Å². The van der Waals surface area contributed by atoms with E-state index in [4.69, 9.17) is 34.8 Å². The molecule has 0 bridgehead atoms. The largest absolute Gasteiger partial charge is 0.219 e. The molecule has 2 rings (SSSR count). The van der Waals surface area contributed by atoms with Crippen LogP contribution in [-0.4, -0.2) is 20.9 Å². The molecule has 0 spiro atoms. The molecule has 1 aromatic carbocycles. The maximum atomic E-state index is 6.05. The van der Waals surface area contributed by atoms with Gasteiger partial charge in [0, 0.05) is 17.3 Å². The molecule has 0 aliphatic rings. The highest BCUT2D eigenvalue weighted by Crippen LogP contribution is 2.23. The van der Waals surface area contributed by atoms with Crippen LogP contribution in [0.2, 0.25) is 10.0 Å². The van der Waals surface area contributed by atoms with Gasteiger partial charge in [0.2, 0.25) is 0 Å². The predicted molar refractivity (Wildman–Crippen MR) is 65.8 cm³/mol. The number of halogens is 3. The van der Waals surface area contributed by atoms with E-state index in [0.29, 0.717) is 22.3 Å². The molecule has 1 heterocycles. The maximum Gasteiger partial charge on any atom is 0.0850 e. The molecular weight excluding hydrogens is 268 g/mol. The van der Waals surface area contributed by atoms with Crippen molar-refractivity contribution in [1.29, 1.82) is 0 Å². The first-order chi connectivity index (χ1) is 7.70. The average Bonchev–Trinajstić information content (AvgIpc) is 2.67. The van der Waals surface area contributed by atoms with Crippen LogP contribution in [0.25, 0.3) is 5.69 Å². The predicted octanol–water partition coefficient (Wildman–Crippen LogP) is 3.36. The van der Waals surface area contributed by atoms with Gasteiger partial charge >= 0.3 is 0 Å². The van der Waals surface area contributed by atoms with Crippen molar-refractivity contribution in [1.82, 2.24) is 15.0 Å². The van der Waals surface area contributed by atoms with E-state index < -0.39 is 0 Å². The SMILES string of the molecule is ClCCc1cn(-c2ccc(Cl)cc2Cl)nn1. The van der Waals surface area contributed by atoms with E-state index in [0.717, 1.165) is 11.4 Å².